The molecule has 2 unspecified atom stereocenters. The molecule has 0 saturated carbocycles. The second-order valence-corrected chi connectivity index (χ2v) is 10.1. The van der Waals surface area contributed by atoms with E-state index in [-0.39, 0.29) is 12.0 Å². The Bertz CT molecular complexity index is 1200. The Morgan fingerprint density at radius 2 is 1.65 bits per heavy atom. The van der Waals surface area contributed by atoms with Crippen molar-refractivity contribution >= 4 is 23.9 Å². The van der Waals surface area contributed by atoms with E-state index in [0.717, 1.165) is 30.0 Å². The number of hydrogen-bond acceptors (Lipinski definition) is 6. The van der Waals surface area contributed by atoms with Gasteiger partial charge in [-0.1, -0.05) is 57.0 Å². The van der Waals surface area contributed by atoms with Crippen molar-refractivity contribution in [3.8, 4) is 11.4 Å². The third-order valence-electron chi connectivity index (χ3n) is 5.85. The molecule has 6 nitrogen and oxygen atoms in total. The van der Waals surface area contributed by atoms with E-state index in [4.69, 9.17) is 9.84 Å². The van der Waals surface area contributed by atoms with E-state index < -0.39 is 6.67 Å². The van der Waals surface area contributed by atoms with Crippen LogP contribution in [0.4, 0.5) is 24.7 Å². The molecule has 3 aromatic rings. The Kier molecular flexibility index (Phi) is 21.1. The molecule has 1 aromatic carbocycles. The molecule has 0 aliphatic rings. The maximum atomic E-state index is 13.5. The number of aromatic nitrogens is 2. The van der Waals surface area contributed by atoms with Gasteiger partial charge in [0.25, 0.3) is 0 Å². The number of aliphatic hydroxyl groups is 1. The van der Waals surface area contributed by atoms with Crippen molar-refractivity contribution in [1.29, 1.82) is 0 Å². The Morgan fingerprint density at radius 1 is 1.02 bits per heavy atom. The van der Waals surface area contributed by atoms with E-state index in [1.807, 2.05) is 24.3 Å². The van der Waals surface area contributed by atoms with E-state index in [1.165, 1.54) is 5.56 Å². The Hall–Kier alpha value is -3.56. The summed E-state index contributed by atoms with van der Waals surface area (Å²) in [7, 11) is 1.00. The highest BCUT2D eigenvalue weighted by molar-refractivity contribution is 5.83. The molecular weight excluding hydrogens is 553 g/mol. The summed E-state index contributed by atoms with van der Waals surface area (Å²) in [5.41, 5.74) is 5.37. The molecule has 2 heterocycles. The highest BCUT2D eigenvalue weighted by Gasteiger charge is 2.15. The highest BCUT2D eigenvalue weighted by Crippen LogP contribution is 2.31. The van der Waals surface area contributed by atoms with Crippen LogP contribution in [0.2, 0.25) is 0 Å². The molecule has 0 amide bonds. The van der Waals surface area contributed by atoms with E-state index in [2.05, 4.69) is 72.9 Å². The fourth-order valence-electron chi connectivity index (χ4n) is 3.58. The van der Waals surface area contributed by atoms with Crippen LogP contribution >= 0.6 is 0 Å². The number of pyridine rings is 2. The molecule has 9 heteroatoms. The van der Waals surface area contributed by atoms with Gasteiger partial charge in [0, 0.05) is 41.4 Å². The first-order chi connectivity index (χ1) is 20.7. The molecule has 0 spiro atoms. The number of aliphatic imine (C=N–C) groups is 1. The number of aliphatic hydroxyl groups excluding tert-OH is 1. The summed E-state index contributed by atoms with van der Waals surface area (Å²) < 4.78 is 38.5. The van der Waals surface area contributed by atoms with Crippen molar-refractivity contribution in [2.24, 2.45) is 16.8 Å². The van der Waals surface area contributed by atoms with Crippen molar-refractivity contribution in [3.63, 3.8) is 0 Å². The van der Waals surface area contributed by atoms with E-state index in [1.54, 1.807) is 32.2 Å². The van der Waals surface area contributed by atoms with Crippen LogP contribution in [0.25, 0.3) is 17.1 Å². The van der Waals surface area contributed by atoms with Gasteiger partial charge < -0.3 is 15.2 Å². The summed E-state index contributed by atoms with van der Waals surface area (Å²) >= 11 is 0. The van der Waals surface area contributed by atoms with Crippen molar-refractivity contribution in [1.82, 2.24) is 9.97 Å². The number of aryl methyl sites for hydroxylation is 1. The number of nitrogens with one attached hydrogen (secondary N) is 1. The van der Waals surface area contributed by atoms with Gasteiger partial charge in [0.05, 0.1) is 32.3 Å². The third kappa shape index (κ3) is 14.9. The lowest BCUT2D eigenvalue weighted by molar-refractivity contribution is 0.0891. The number of anilines is 1. The fraction of sp³-hybridized carbons (Fsp3) is 0.441. The highest BCUT2D eigenvalue weighted by atomic mass is 19.1. The van der Waals surface area contributed by atoms with Crippen LogP contribution < -0.4 is 5.32 Å². The van der Waals surface area contributed by atoms with Gasteiger partial charge >= 0.3 is 0 Å². The molecule has 2 atom stereocenters. The molecule has 0 saturated heterocycles. The maximum absolute atomic E-state index is 13.5. The minimum Gasteiger partial charge on any atom is -0.394 e. The summed E-state index contributed by atoms with van der Waals surface area (Å²) in [6.45, 7) is 16.5. The first kappa shape index (κ1) is 39.4. The van der Waals surface area contributed by atoms with Gasteiger partial charge in [0.15, 0.2) is 5.82 Å². The zero-order chi connectivity index (χ0) is 32.8. The molecule has 2 N–H and O–H groups in total. The van der Waals surface area contributed by atoms with E-state index in [0.29, 0.717) is 49.6 Å². The van der Waals surface area contributed by atoms with Gasteiger partial charge in [-0.3, -0.25) is 13.8 Å². The molecule has 0 radical (unpaired) electrons. The SMILES string of the molecule is C=Nc1nc(-c2ncccc2CF)ccc1/C(=C\C(C)COCC(C)CC)Nc1ccc(C)cc1.CC(C)O.CF.CF. The smallest absolute Gasteiger partial charge is 0.161 e. The average molecular weight is 603 g/mol. The molecule has 0 fully saturated rings. The standard InChI is InChI=1S/C29H35FN4O.C3H8O.2CH3F/c1-6-20(2)18-35-19-22(4)16-27(33-24-11-9-21(3)10-12-24)25-13-14-26(34-29(25)31-5)28-23(17-30)8-7-15-32-28;1-3(2)4;2*1-2/h7-16,20,22,33H,5-6,17-19H2,1-4H3;3-4H,1-2H3;2*1H3/b27-16+;;;. The molecule has 2 aromatic heterocycles. The predicted molar refractivity (Wildman–Crippen MR) is 175 cm³/mol. The minimum absolute atomic E-state index is 0.151. The number of hydrogen-bond donors (Lipinski definition) is 2. The summed E-state index contributed by atoms with van der Waals surface area (Å²) in [6, 6.07) is 15.4. The molecular formula is C34H49F3N4O2. The fourth-order valence-corrected chi connectivity index (χ4v) is 3.58. The van der Waals surface area contributed by atoms with Crippen LogP contribution in [-0.4, -0.2) is 55.5 Å². The van der Waals surface area contributed by atoms with Gasteiger partial charge in [0.1, 0.15) is 6.67 Å². The maximum Gasteiger partial charge on any atom is 0.161 e. The summed E-state index contributed by atoms with van der Waals surface area (Å²) in [5, 5.41) is 11.6. The summed E-state index contributed by atoms with van der Waals surface area (Å²) in [4.78, 5) is 13.2. The number of nitrogens with zero attached hydrogens (tertiary/aromatic N) is 3. The lowest BCUT2D eigenvalue weighted by Gasteiger charge is -2.17. The number of halogens is 3. The quantitative estimate of drug-likeness (QED) is 0.202. The summed E-state index contributed by atoms with van der Waals surface area (Å²) in [6.07, 6.45) is 4.70. The number of alkyl halides is 3. The number of ether oxygens (including phenoxy) is 1. The largest absolute Gasteiger partial charge is 0.394 e. The molecule has 0 aliphatic heterocycles. The van der Waals surface area contributed by atoms with Crippen LogP contribution in [0.15, 0.2) is 65.8 Å². The lowest BCUT2D eigenvalue weighted by atomic mass is 10.0. The molecule has 0 aliphatic carbocycles. The van der Waals surface area contributed by atoms with Gasteiger partial charge in [-0.2, -0.15) is 0 Å². The van der Waals surface area contributed by atoms with Gasteiger partial charge in [-0.25, -0.2) is 14.4 Å². The van der Waals surface area contributed by atoms with Crippen molar-refractivity contribution < 1.29 is 23.0 Å². The van der Waals surface area contributed by atoms with Crippen molar-refractivity contribution in [3.05, 3.63) is 77.5 Å². The van der Waals surface area contributed by atoms with Gasteiger partial charge in [0.2, 0.25) is 0 Å². The van der Waals surface area contributed by atoms with Gasteiger partial charge in [-0.15, -0.1) is 0 Å². The average Bonchev–Trinajstić information content (AvgIpc) is 3.03. The van der Waals surface area contributed by atoms with Crippen LogP contribution in [0.3, 0.4) is 0 Å². The van der Waals surface area contributed by atoms with Crippen LogP contribution in [-0.2, 0) is 11.4 Å². The first-order valence-electron chi connectivity index (χ1n) is 14.2. The Balaban J connectivity index is 0.00000200. The third-order valence-corrected chi connectivity index (χ3v) is 5.85. The molecule has 43 heavy (non-hydrogen) atoms. The normalized spacial score (nSPS) is 12.0. The topological polar surface area (TPSA) is 79.6 Å². The second kappa shape index (κ2) is 23.0. The predicted octanol–water partition coefficient (Wildman–Crippen LogP) is 8.96. The zero-order valence-corrected chi connectivity index (χ0v) is 26.9. The monoisotopic (exact) mass is 602 g/mol. The minimum atomic E-state index is -0.613. The number of benzene rings is 1. The zero-order valence-electron chi connectivity index (χ0n) is 26.9. The van der Waals surface area contributed by atoms with Crippen LogP contribution in [0.5, 0.6) is 0 Å². The molecule has 3 rings (SSSR count). The van der Waals surface area contributed by atoms with E-state index >= 15 is 0 Å². The van der Waals surface area contributed by atoms with Crippen LogP contribution in [0.1, 0.15) is 57.7 Å². The first-order valence-corrected chi connectivity index (χ1v) is 14.2. The van der Waals surface area contributed by atoms with E-state index in [9.17, 15) is 13.2 Å². The van der Waals surface area contributed by atoms with Crippen LogP contribution in [0, 0.1) is 18.8 Å². The molecule has 238 valence electrons. The van der Waals surface area contributed by atoms with Gasteiger partial charge in [-0.05, 0) is 69.7 Å². The van der Waals surface area contributed by atoms with Crippen molar-refractivity contribution in [2.75, 3.05) is 32.9 Å². The molecule has 0 bridgehead atoms. The Morgan fingerprint density at radius 3 is 2.21 bits per heavy atom. The Labute approximate surface area is 256 Å². The lowest BCUT2D eigenvalue weighted by Crippen LogP contribution is -2.11. The second-order valence-electron chi connectivity index (χ2n) is 10.1. The number of rotatable bonds is 12. The summed E-state index contributed by atoms with van der Waals surface area (Å²) in [5.74, 6) is 1.14. The van der Waals surface area contributed by atoms with Crippen molar-refractivity contribution in [2.45, 2.75) is 60.7 Å².